The maximum absolute atomic E-state index is 6.90. The molecule has 0 fully saturated rings. The lowest BCUT2D eigenvalue weighted by molar-refractivity contribution is 0.594. The van der Waals surface area contributed by atoms with Crippen molar-refractivity contribution in [2.75, 3.05) is 0 Å². The molecule has 0 aliphatic carbocycles. The highest BCUT2D eigenvalue weighted by molar-refractivity contribution is 7.28. The standard InChI is InChI=1S/C77H70NO2P/c1-8-10-11-22-59(53-31-29-52(30-32-53)49(5)45-50(6)69-46-55(60-23-16-19-28-72(60)81)35-38-61(69)58-39-43-67-62-24-14-17-26-70(62)79-76(67)51(58)7)54-33-36-56(37-34-54)78-74-65(41-40-64(73(74)47(3)9-2)57-21-13-12-20-48(57)4)66-42-44-68-63-25-15-18-27-71(63)80-77(68)75(66)78/h12-44,46-47,49-50H,8-11,45,81H2,1-7H3/b59-22-. The Morgan fingerprint density at radius 3 is 1.79 bits per heavy atom. The lowest BCUT2D eigenvalue weighted by Gasteiger charge is -2.23. The minimum atomic E-state index is 0.271. The Morgan fingerprint density at radius 2 is 1.09 bits per heavy atom. The molecule has 0 radical (unpaired) electrons. The van der Waals surface area contributed by atoms with E-state index in [1.807, 2.05) is 0 Å². The largest absolute Gasteiger partial charge is 0.456 e. The van der Waals surface area contributed by atoms with E-state index in [-0.39, 0.29) is 5.92 Å². The monoisotopic (exact) mass is 1070 g/mol. The van der Waals surface area contributed by atoms with Crippen molar-refractivity contribution in [3.8, 4) is 39.1 Å². The summed E-state index contributed by atoms with van der Waals surface area (Å²) in [4.78, 5) is 0. The van der Waals surface area contributed by atoms with Gasteiger partial charge in [-0.3, -0.25) is 0 Å². The molecule has 10 aromatic carbocycles. The van der Waals surface area contributed by atoms with Crippen LogP contribution in [0.3, 0.4) is 0 Å². The van der Waals surface area contributed by atoms with Crippen molar-refractivity contribution in [1.82, 2.24) is 4.57 Å². The molecule has 0 aliphatic rings. The van der Waals surface area contributed by atoms with Gasteiger partial charge in [-0.2, -0.15) is 0 Å². The van der Waals surface area contributed by atoms with E-state index in [1.165, 1.54) is 105 Å². The first-order valence-electron chi connectivity index (χ1n) is 29.4. The van der Waals surface area contributed by atoms with Crippen LogP contribution in [-0.2, 0) is 0 Å². The van der Waals surface area contributed by atoms with Crippen LogP contribution < -0.4 is 5.30 Å². The maximum Gasteiger partial charge on any atom is 0.160 e. The van der Waals surface area contributed by atoms with Crippen molar-refractivity contribution < 1.29 is 8.83 Å². The third-order valence-corrected chi connectivity index (χ3v) is 18.3. The van der Waals surface area contributed by atoms with Crippen molar-refractivity contribution in [2.24, 2.45) is 0 Å². The highest BCUT2D eigenvalue weighted by Gasteiger charge is 2.26. The van der Waals surface area contributed by atoms with Gasteiger partial charge in [-0.1, -0.05) is 217 Å². The van der Waals surface area contributed by atoms with Crippen molar-refractivity contribution in [2.45, 2.75) is 98.3 Å². The molecule has 13 aromatic rings. The molecule has 3 heterocycles. The minimum Gasteiger partial charge on any atom is -0.456 e. The van der Waals surface area contributed by atoms with E-state index in [2.05, 4.69) is 269 Å². The number of furan rings is 2. The van der Waals surface area contributed by atoms with E-state index in [0.29, 0.717) is 11.8 Å². The summed E-state index contributed by atoms with van der Waals surface area (Å²) in [5, 5.41) is 8.26. The predicted molar refractivity (Wildman–Crippen MR) is 350 cm³/mol. The van der Waals surface area contributed by atoms with Gasteiger partial charge < -0.3 is 13.4 Å². The molecule has 81 heavy (non-hydrogen) atoms. The Hall–Kier alpha value is -8.23. The van der Waals surface area contributed by atoms with Crippen molar-refractivity contribution in [1.29, 1.82) is 0 Å². The van der Waals surface area contributed by atoms with Crippen molar-refractivity contribution in [3.63, 3.8) is 0 Å². The molecular weight excluding hydrogens is 1000 g/mol. The fourth-order valence-electron chi connectivity index (χ4n) is 13.2. The molecule has 400 valence electrons. The highest BCUT2D eigenvalue weighted by atomic mass is 31.0. The summed E-state index contributed by atoms with van der Waals surface area (Å²) >= 11 is 0. The second-order valence-electron chi connectivity index (χ2n) is 22.9. The minimum absolute atomic E-state index is 0.271. The van der Waals surface area contributed by atoms with E-state index >= 15 is 0 Å². The summed E-state index contributed by atoms with van der Waals surface area (Å²) in [7, 11) is 2.95. The average molecular weight is 1070 g/mol. The number of para-hydroxylation sites is 2. The van der Waals surface area contributed by atoms with Gasteiger partial charge in [0, 0.05) is 43.6 Å². The number of allylic oxidation sites excluding steroid dienone is 1. The second kappa shape index (κ2) is 21.7. The zero-order valence-electron chi connectivity index (χ0n) is 47.7. The average Bonchev–Trinajstić information content (AvgIpc) is 3.02. The van der Waals surface area contributed by atoms with E-state index in [9.17, 15) is 0 Å². The highest BCUT2D eigenvalue weighted by Crippen LogP contribution is 2.47. The number of unbranched alkanes of at least 4 members (excludes halogenated alkanes) is 2. The molecule has 4 atom stereocenters. The summed E-state index contributed by atoms with van der Waals surface area (Å²) in [5.74, 6) is 0.897. The van der Waals surface area contributed by atoms with Crippen LogP contribution in [0, 0.1) is 13.8 Å². The van der Waals surface area contributed by atoms with Gasteiger partial charge in [-0.05, 0) is 165 Å². The normalized spacial score (nSPS) is 13.4. The topological polar surface area (TPSA) is 31.2 Å². The number of nitrogens with zero attached hydrogens (tertiary/aromatic N) is 1. The molecule has 0 saturated carbocycles. The van der Waals surface area contributed by atoms with Crippen LogP contribution in [0.4, 0.5) is 0 Å². The molecular formula is C77H70NO2P. The Balaban J connectivity index is 0.863. The lowest BCUT2D eigenvalue weighted by Crippen LogP contribution is -2.05. The molecule has 0 aliphatic heterocycles. The second-order valence-corrected chi connectivity index (χ2v) is 23.5. The zero-order chi connectivity index (χ0) is 55.5. The van der Waals surface area contributed by atoms with Gasteiger partial charge in [-0.15, -0.1) is 9.24 Å². The summed E-state index contributed by atoms with van der Waals surface area (Å²) < 4.78 is 16.0. The van der Waals surface area contributed by atoms with E-state index < -0.39 is 0 Å². The van der Waals surface area contributed by atoms with Gasteiger partial charge in [0.25, 0.3) is 0 Å². The number of aryl methyl sites for hydroxylation is 2. The number of fused-ring (bicyclic) bond motifs is 10. The van der Waals surface area contributed by atoms with E-state index in [0.717, 1.165) is 81.8 Å². The van der Waals surface area contributed by atoms with Gasteiger partial charge in [0.1, 0.15) is 16.7 Å². The van der Waals surface area contributed by atoms with Crippen LogP contribution in [-0.4, -0.2) is 4.57 Å². The SMILES string of the molecule is CCCC/C=C(/c1ccc(C(C)CC(C)c2cc(-c3ccccc3P)ccc2-c2ccc3c(oc4ccccc43)c2C)cc1)c1ccc(-n2c3c(C(C)CC)c(-c4ccccc4C)ccc3c3ccc4c5ccccc5oc4c32)cc1. The Labute approximate surface area is 479 Å². The first-order valence-corrected chi connectivity index (χ1v) is 30.0. The molecule has 4 heteroatoms. The third kappa shape index (κ3) is 9.21. The van der Waals surface area contributed by atoms with Crippen LogP contribution in [0.5, 0.6) is 0 Å². The molecule has 0 amide bonds. The number of aromatic nitrogens is 1. The number of benzene rings is 10. The van der Waals surface area contributed by atoms with Crippen LogP contribution in [0.25, 0.3) is 110 Å². The van der Waals surface area contributed by atoms with E-state index in [4.69, 9.17) is 8.83 Å². The molecule has 0 spiro atoms. The Bertz CT molecular complexity index is 4540. The summed E-state index contributed by atoms with van der Waals surface area (Å²) in [5.41, 5.74) is 25.1. The molecule has 0 bridgehead atoms. The quantitative estimate of drug-likeness (QED) is 0.0757. The van der Waals surface area contributed by atoms with Crippen LogP contribution in [0.15, 0.2) is 215 Å². The van der Waals surface area contributed by atoms with Gasteiger partial charge >= 0.3 is 0 Å². The summed E-state index contributed by atoms with van der Waals surface area (Å²) in [6.07, 6.45) is 7.80. The summed E-state index contributed by atoms with van der Waals surface area (Å²) in [6, 6.07) is 74.2. The maximum atomic E-state index is 6.90. The molecule has 3 aromatic heterocycles. The first-order chi connectivity index (χ1) is 39.6. The number of hydrogen-bond acceptors (Lipinski definition) is 2. The third-order valence-electron chi connectivity index (χ3n) is 17.8. The zero-order valence-corrected chi connectivity index (χ0v) is 48.9. The summed E-state index contributed by atoms with van der Waals surface area (Å²) in [6.45, 7) is 16.3. The first kappa shape index (κ1) is 52.2. The molecule has 3 nitrogen and oxygen atoms in total. The number of hydrogen-bond donors (Lipinski definition) is 0. The smallest absolute Gasteiger partial charge is 0.160 e. The fraction of sp³-hybridized carbons (Fsp3) is 0.195. The molecule has 0 saturated heterocycles. The van der Waals surface area contributed by atoms with Crippen LogP contribution >= 0.6 is 9.24 Å². The van der Waals surface area contributed by atoms with Gasteiger partial charge in [0.15, 0.2) is 5.58 Å². The predicted octanol–water partition coefficient (Wildman–Crippen LogP) is 22.1. The Morgan fingerprint density at radius 1 is 0.506 bits per heavy atom. The van der Waals surface area contributed by atoms with Crippen molar-refractivity contribution >= 4 is 85.8 Å². The molecule has 13 rings (SSSR count). The fourth-order valence-corrected chi connectivity index (χ4v) is 13.6. The molecule has 0 N–H and O–H groups in total. The number of rotatable bonds is 15. The molecule has 4 unspecified atom stereocenters. The van der Waals surface area contributed by atoms with Crippen LogP contribution in [0.1, 0.15) is 123 Å². The Kier molecular flexibility index (Phi) is 14.0. The van der Waals surface area contributed by atoms with Gasteiger partial charge in [-0.25, -0.2) is 0 Å². The van der Waals surface area contributed by atoms with Gasteiger partial charge in [0.2, 0.25) is 0 Å². The van der Waals surface area contributed by atoms with E-state index in [1.54, 1.807) is 0 Å². The van der Waals surface area contributed by atoms with Crippen LogP contribution in [0.2, 0.25) is 0 Å². The van der Waals surface area contributed by atoms with Crippen molar-refractivity contribution in [3.05, 3.63) is 245 Å². The lowest BCUT2D eigenvalue weighted by atomic mass is 9.81. The van der Waals surface area contributed by atoms with Gasteiger partial charge in [0.05, 0.1) is 11.0 Å².